The summed E-state index contributed by atoms with van der Waals surface area (Å²) in [5.74, 6) is -0.369. The van der Waals surface area contributed by atoms with Crippen molar-refractivity contribution < 1.29 is 12.8 Å². The predicted octanol–water partition coefficient (Wildman–Crippen LogP) is 2.68. The largest absolute Gasteiger partial charge is 0.308 e. The maximum absolute atomic E-state index is 13.6. The highest BCUT2D eigenvalue weighted by atomic mass is 35.5. The second-order valence-electron chi connectivity index (χ2n) is 4.66. The highest BCUT2D eigenvalue weighted by Crippen LogP contribution is 2.19. The lowest BCUT2D eigenvalue weighted by atomic mass is 10.2. The first-order valence-electron chi connectivity index (χ1n) is 6.60. The third kappa shape index (κ3) is 4.04. The monoisotopic (exact) mass is 342 g/mol. The Labute approximate surface area is 134 Å². The van der Waals surface area contributed by atoms with Crippen LogP contribution in [0.25, 0.3) is 0 Å². The molecule has 0 radical (unpaired) electrons. The van der Waals surface area contributed by atoms with E-state index in [4.69, 9.17) is 11.6 Å². The molecule has 0 saturated carbocycles. The van der Waals surface area contributed by atoms with E-state index >= 15 is 0 Å². The van der Waals surface area contributed by atoms with Crippen LogP contribution in [0.3, 0.4) is 0 Å². The number of benzene rings is 2. The summed E-state index contributed by atoms with van der Waals surface area (Å²) in [4.78, 5) is 0.193. The molecule has 0 aliphatic carbocycles. The molecule has 0 atom stereocenters. The van der Waals surface area contributed by atoms with Crippen molar-refractivity contribution in [3.8, 4) is 0 Å². The van der Waals surface area contributed by atoms with Gasteiger partial charge in [0.05, 0.1) is 4.90 Å². The molecule has 22 heavy (non-hydrogen) atoms. The Morgan fingerprint density at radius 2 is 1.86 bits per heavy atom. The normalized spacial score (nSPS) is 11.6. The molecule has 7 heteroatoms. The average molecular weight is 343 g/mol. The lowest BCUT2D eigenvalue weighted by molar-refractivity contribution is 0.586. The molecule has 0 fully saturated rings. The molecule has 2 N–H and O–H groups in total. The maximum atomic E-state index is 13.6. The number of hydrogen-bond donors (Lipinski definition) is 2. The molecular weight excluding hydrogens is 327 g/mol. The summed E-state index contributed by atoms with van der Waals surface area (Å²) >= 11 is 5.95. The van der Waals surface area contributed by atoms with Crippen molar-refractivity contribution in [2.24, 2.45) is 0 Å². The van der Waals surface area contributed by atoms with Gasteiger partial charge in [0.1, 0.15) is 5.82 Å². The van der Waals surface area contributed by atoms with Gasteiger partial charge < -0.3 is 5.32 Å². The van der Waals surface area contributed by atoms with Gasteiger partial charge in [0.15, 0.2) is 0 Å². The molecule has 0 unspecified atom stereocenters. The van der Waals surface area contributed by atoms with Crippen LogP contribution in [0, 0.1) is 5.82 Å². The van der Waals surface area contributed by atoms with Gasteiger partial charge in [-0.1, -0.05) is 29.8 Å². The van der Waals surface area contributed by atoms with Gasteiger partial charge in [-0.05, 0) is 36.9 Å². The van der Waals surface area contributed by atoms with Gasteiger partial charge in [0.25, 0.3) is 0 Å². The van der Waals surface area contributed by atoms with Crippen LogP contribution in [0.4, 0.5) is 4.39 Å². The SMILES string of the molecule is CNS(=O)(=O)c1cccc(CNCc2c(F)cccc2Cl)c1. The van der Waals surface area contributed by atoms with E-state index in [0.29, 0.717) is 17.1 Å². The molecule has 0 saturated heterocycles. The Kier molecular flexibility index (Phi) is 5.52. The van der Waals surface area contributed by atoms with Gasteiger partial charge in [0.2, 0.25) is 10.0 Å². The summed E-state index contributed by atoms with van der Waals surface area (Å²) in [6.45, 7) is 0.659. The van der Waals surface area contributed by atoms with Crippen molar-refractivity contribution in [2.45, 2.75) is 18.0 Å². The molecular formula is C15H16ClFN2O2S. The van der Waals surface area contributed by atoms with Gasteiger partial charge in [-0.3, -0.25) is 0 Å². The number of sulfonamides is 1. The van der Waals surface area contributed by atoms with Crippen LogP contribution in [0.15, 0.2) is 47.4 Å². The van der Waals surface area contributed by atoms with Crippen molar-refractivity contribution in [2.75, 3.05) is 7.05 Å². The first-order chi connectivity index (χ1) is 10.4. The summed E-state index contributed by atoms with van der Waals surface area (Å²) in [5.41, 5.74) is 1.17. The van der Waals surface area contributed by atoms with Crippen LogP contribution in [-0.4, -0.2) is 15.5 Å². The van der Waals surface area contributed by atoms with Gasteiger partial charge in [0, 0.05) is 23.7 Å². The van der Waals surface area contributed by atoms with Gasteiger partial charge in [-0.15, -0.1) is 0 Å². The summed E-state index contributed by atoms with van der Waals surface area (Å²) in [6.07, 6.45) is 0. The zero-order valence-corrected chi connectivity index (χ0v) is 13.5. The fourth-order valence-electron chi connectivity index (χ4n) is 1.97. The lowest BCUT2D eigenvalue weighted by Gasteiger charge is -2.09. The van der Waals surface area contributed by atoms with E-state index < -0.39 is 10.0 Å². The Balaban J connectivity index is 2.05. The first kappa shape index (κ1) is 16.9. The Hall–Kier alpha value is -1.47. The minimum atomic E-state index is -3.47. The molecule has 2 rings (SSSR count). The Morgan fingerprint density at radius 3 is 2.55 bits per heavy atom. The molecule has 118 valence electrons. The average Bonchev–Trinajstić information content (AvgIpc) is 2.50. The summed E-state index contributed by atoms with van der Waals surface area (Å²) in [5, 5.41) is 3.42. The molecule has 2 aromatic rings. The van der Waals surface area contributed by atoms with Crippen LogP contribution in [0.2, 0.25) is 5.02 Å². The van der Waals surface area contributed by atoms with Crippen molar-refractivity contribution in [3.05, 3.63) is 64.4 Å². The lowest BCUT2D eigenvalue weighted by Crippen LogP contribution is -2.19. The topological polar surface area (TPSA) is 58.2 Å². The number of nitrogens with one attached hydrogen (secondary N) is 2. The predicted molar refractivity (Wildman–Crippen MR) is 84.6 cm³/mol. The molecule has 0 amide bonds. The van der Waals surface area contributed by atoms with Crippen LogP contribution in [0.5, 0.6) is 0 Å². The Morgan fingerprint density at radius 1 is 1.14 bits per heavy atom. The minimum Gasteiger partial charge on any atom is -0.308 e. The second-order valence-corrected chi connectivity index (χ2v) is 6.95. The fourth-order valence-corrected chi connectivity index (χ4v) is 3.00. The highest BCUT2D eigenvalue weighted by molar-refractivity contribution is 7.89. The third-order valence-electron chi connectivity index (χ3n) is 3.17. The quantitative estimate of drug-likeness (QED) is 0.848. The van der Waals surface area contributed by atoms with Gasteiger partial charge >= 0.3 is 0 Å². The third-order valence-corrected chi connectivity index (χ3v) is 4.94. The van der Waals surface area contributed by atoms with E-state index in [9.17, 15) is 12.8 Å². The summed E-state index contributed by atoms with van der Waals surface area (Å²) < 4.78 is 39.4. The molecule has 0 aliphatic rings. The zero-order chi connectivity index (χ0) is 16.2. The zero-order valence-electron chi connectivity index (χ0n) is 11.9. The molecule has 2 aromatic carbocycles. The van der Waals surface area contributed by atoms with Crippen LogP contribution in [0.1, 0.15) is 11.1 Å². The minimum absolute atomic E-state index is 0.193. The van der Waals surface area contributed by atoms with Gasteiger partial charge in [-0.25, -0.2) is 17.5 Å². The van der Waals surface area contributed by atoms with Crippen molar-refractivity contribution in [1.29, 1.82) is 0 Å². The highest BCUT2D eigenvalue weighted by Gasteiger charge is 2.11. The molecule has 0 bridgehead atoms. The van der Waals surface area contributed by atoms with Crippen LogP contribution >= 0.6 is 11.6 Å². The number of rotatable bonds is 6. The summed E-state index contributed by atoms with van der Waals surface area (Å²) in [7, 11) is -2.11. The number of halogens is 2. The van der Waals surface area contributed by atoms with E-state index in [1.807, 2.05) is 0 Å². The van der Waals surface area contributed by atoms with Crippen molar-refractivity contribution in [1.82, 2.24) is 10.0 Å². The second kappa shape index (κ2) is 7.19. The van der Waals surface area contributed by atoms with Gasteiger partial charge in [-0.2, -0.15) is 0 Å². The molecule has 0 heterocycles. The van der Waals surface area contributed by atoms with E-state index in [-0.39, 0.29) is 17.3 Å². The fraction of sp³-hybridized carbons (Fsp3) is 0.200. The molecule has 0 spiro atoms. The molecule has 4 nitrogen and oxygen atoms in total. The number of hydrogen-bond acceptors (Lipinski definition) is 3. The van der Waals surface area contributed by atoms with Crippen LogP contribution < -0.4 is 10.0 Å². The van der Waals surface area contributed by atoms with Crippen LogP contribution in [-0.2, 0) is 23.1 Å². The van der Waals surface area contributed by atoms with Crippen molar-refractivity contribution in [3.63, 3.8) is 0 Å². The molecule has 0 aromatic heterocycles. The molecule has 0 aliphatic heterocycles. The van der Waals surface area contributed by atoms with E-state index in [1.54, 1.807) is 30.3 Å². The van der Waals surface area contributed by atoms with Crippen molar-refractivity contribution >= 4 is 21.6 Å². The summed E-state index contributed by atoms with van der Waals surface area (Å²) in [6, 6.07) is 11.1. The van der Waals surface area contributed by atoms with E-state index in [2.05, 4.69) is 10.0 Å². The first-order valence-corrected chi connectivity index (χ1v) is 8.46. The standard InChI is InChI=1S/C15H16ClFN2O2S/c1-18-22(20,21)12-5-2-4-11(8-12)9-19-10-13-14(16)6-3-7-15(13)17/h2-8,18-19H,9-10H2,1H3. The van der Waals surface area contributed by atoms with E-state index in [0.717, 1.165) is 5.56 Å². The maximum Gasteiger partial charge on any atom is 0.240 e. The Bertz CT molecular complexity index is 746. The van der Waals surface area contributed by atoms with E-state index in [1.165, 1.54) is 19.2 Å². The smallest absolute Gasteiger partial charge is 0.240 e.